The first kappa shape index (κ1) is 13.1. The molecule has 0 radical (unpaired) electrons. The molecule has 1 aliphatic rings. The van der Waals surface area contributed by atoms with Crippen LogP contribution in [-0.4, -0.2) is 31.7 Å². The summed E-state index contributed by atoms with van der Waals surface area (Å²) < 4.78 is 3.37. The molecule has 7 heteroatoms. The van der Waals surface area contributed by atoms with Crippen LogP contribution in [0.5, 0.6) is 0 Å². The molecule has 1 unspecified atom stereocenters. The van der Waals surface area contributed by atoms with Gasteiger partial charge in [0.1, 0.15) is 0 Å². The van der Waals surface area contributed by atoms with Crippen LogP contribution in [0, 0.1) is 0 Å². The van der Waals surface area contributed by atoms with Crippen molar-refractivity contribution in [3.8, 4) is 0 Å². The predicted octanol–water partition coefficient (Wildman–Crippen LogP) is 0.219. The van der Waals surface area contributed by atoms with Crippen LogP contribution in [0.15, 0.2) is 15.9 Å². The lowest BCUT2D eigenvalue weighted by Gasteiger charge is -2.12. The Bertz CT molecular complexity index is 733. The number of fused-ring (bicyclic) bond motifs is 1. The Kier molecular flexibility index (Phi) is 3.21. The van der Waals surface area contributed by atoms with Gasteiger partial charge in [-0.1, -0.05) is 0 Å². The van der Waals surface area contributed by atoms with Crippen molar-refractivity contribution < 1.29 is 0 Å². The minimum Gasteiger partial charge on any atom is -0.323 e. The van der Waals surface area contributed by atoms with Gasteiger partial charge in [-0.2, -0.15) is 0 Å². The van der Waals surface area contributed by atoms with Crippen LogP contribution in [0.2, 0.25) is 0 Å². The van der Waals surface area contributed by atoms with Gasteiger partial charge in [-0.25, -0.2) is 9.78 Å². The van der Waals surface area contributed by atoms with Crippen molar-refractivity contribution in [1.82, 2.24) is 24.4 Å². The SMILES string of the molecule is CC(C)n1c(=O)[nH]c(=O)c2c1ncn2CC1CCCN1. The molecule has 1 saturated heterocycles. The van der Waals surface area contributed by atoms with Gasteiger partial charge in [0.25, 0.3) is 5.56 Å². The number of hydrogen-bond donors (Lipinski definition) is 2. The van der Waals surface area contributed by atoms with E-state index in [1.165, 1.54) is 4.57 Å². The number of hydrogen-bond acceptors (Lipinski definition) is 4. The molecule has 0 aliphatic carbocycles. The second-order valence-corrected chi connectivity index (χ2v) is 5.59. The highest BCUT2D eigenvalue weighted by Gasteiger charge is 2.19. The first-order valence-corrected chi connectivity index (χ1v) is 7.01. The topological polar surface area (TPSA) is 84.7 Å². The van der Waals surface area contributed by atoms with E-state index in [1.54, 1.807) is 6.33 Å². The van der Waals surface area contributed by atoms with Crippen LogP contribution in [0.3, 0.4) is 0 Å². The van der Waals surface area contributed by atoms with E-state index in [0.29, 0.717) is 23.8 Å². The molecule has 0 bridgehead atoms. The van der Waals surface area contributed by atoms with E-state index >= 15 is 0 Å². The summed E-state index contributed by atoms with van der Waals surface area (Å²) in [5, 5.41) is 3.40. The number of nitrogens with one attached hydrogen (secondary N) is 2. The predicted molar refractivity (Wildman–Crippen MR) is 76.0 cm³/mol. The van der Waals surface area contributed by atoms with Gasteiger partial charge in [0.15, 0.2) is 11.2 Å². The molecule has 0 spiro atoms. The van der Waals surface area contributed by atoms with Crippen molar-refractivity contribution in [3.63, 3.8) is 0 Å². The van der Waals surface area contributed by atoms with E-state index in [0.717, 1.165) is 19.4 Å². The molecule has 2 aromatic heterocycles. The fourth-order valence-corrected chi connectivity index (χ4v) is 2.86. The zero-order chi connectivity index (χ0) is 14.3. The highest BCUT2D eigenvalue weighted by molar-refractivity contribution is 5.70. The van der Waals surface area contributed by atoms with E-state index in [2.05, 4.69) is 15.3 Å². The maximum Gasteiger partial charge on any atom is 0.330 e. The molecule has 1 fully saturated rings. The quantitative estimate of drug-likeness (QED) is 0.840. The van der Waals surface area contributed by atoms with Gasteiger partial charge in [0.2, 0.25) is 0 Å². The van der Waals surface area contributed by atoms with Crippen LogP contribution in [-0.2, 0) is 6.54 Å². The van der Waals surface area contributed by atoms with Crippen LogP contribution in [0.1, 0.15) is 32.7 Å². The van der Waals surface area contributed by atoms with Crippen LogP contribution in [0.25, 0.3) is 11.2 Å². The summed E-state index contributed by atoms with van der Waals surface area (Å²) in [6.45, 7) is 5.52. The summed E-state index contributed by atoms with van der Waals surface area (Å²) in [7, 11) is 0. The molecule has 0 amide bonds. The van der Waals surface area contributed by atoms with Crippen LogP contribution < -0.4 is 16.6 Å². The number of aromatic amines is 1. The van der Waals surface area contributed by atoms with Gasteiger partial charge in [0, 0.05) is 18.6 Å². The normalized spacial score (nSPS) is 19.2. The molecular formula is C13H19N5O2. The van der Waals surface area contributed by atoms with Crippen molar-refractivity contribution in [2.45, 2.75) is 45.3 Å². The molecule has 0 aromatic carbocycles. The van der Waals surface area contributed by atoms with Crippen LogP contribution >= 0.6 is 0 Å². The van der Waals surface area contributed by atoms with Gasteiger partial charge in [0.05, 0.1) is 6.33 Å². The fourth-order valence-electron chi connectivity index (χ4n) is 2.86. The fraction of sp³-hybridized carbons (Fsp3) is 0.615. The monoisotopic (exact) mass is 277 g/mol. The molecular weight excluding hydrogens is 258 g/mol. The summed E-state index contributed by atoms with van der Waals surface area (Å²) in [5.41, 5.74) is 0.179. The maximum absolute atomic E-state index is 12.1. The molecule has 2 N–H and O–H groups in total. The number of H-pyrrole nitrogens is 1. The molecule has 3 heterocycles. The zero-order valence-electron chi connectivity index (χ0n) is 11.7. The first-order valence-electron chi connectivity index (χ1n) is 7.01. The Balaban J connectivity index is 2.14. The minimum absolute atomic E-state index is 0.0465. The smallest absolute Gasteiger partial charge is 0.323 e. The largest absolute Gasteiger partial charge is 0.330 e. The third kappa shape index (κ3) is 2.07. The van der Waals surface area contributed by atoms with Crippen molar-refractivity contribution in [1.29, 1.82) is 0 Å². The molecule has 0 saturated carbocycles. The van der Waals surface area contributed by atoms with Crippen molar-refractivity contribution in [3.05, 3.63) is 27.2 Å². The molecule has 7 nitrogen and oxygen atoms in total. The summed E-state index contributed by atoms with van der Waals surface area (Å²) in [4.78, 5) is 30.6. The lowest BCUT2D eigenvalue weighted by molar-refractivity contribution is 0.515. The summed E-state index contributed by atoms with van der Waals surface area (Å²) >= 11 is 0. The average molecular weight is 277 g/mol. The number of rotatable bonds is 3. The number of aromatic nitrogens is 4. The Morgan fingerprint density at radius 3 is 2.90 bits per heavy atom. The van der Waals surface area contributed by atoms with E-state index in [-0.39, 0.29) is 11.6 Å². The van der Waals surface area contributed by atoms with E-state index in [9.17, 15) is 9.59 Å². The molecule has 108 valence electrons. The Labute approximate surface area is 115 Å². The van der Waals surface area contributed by atoms with E-state index in [1.807, 2.05) is 18.4 Å². The third-order valence-corrected chi connectivity index (χ3v) is 3.80. The molecule has 20 heavy (non-hydrogen) atoms. The summed E-state index contributed by atoms with van der Waals surface area (Å²) in [6.07, 6.45) is 3.91. The van der Waals surface area contributed by atoms with Crippen molar-refractivity contribution in [2.24, 2.45) is 0 Å². The lowest BCUT2D eigenvalue weighted by atomic mass is 10.2. The average Bonchev–Trinajstić information content (AvgIpc) is 2.99. The molecule has 1 aliphatic heterocycles. The molecule has 1 atom stereocenters. The minimum atomic E-state index is -0.401. The third-order valence-electron chi connectivity index (χ3n) is 3.80. The summed E-state index contributed by atoms with van der Waals surface area (Å²) in [6, 6.07) is 0.320. The van der Waals surface area contributed by atoms with Crippen LogP contribution in [0.4, 0.5) is 0 Å². The van der Waals surface area contributed by atoms with Gasteiger partial charge in [-0.05, 0) is 33.2 Å². The van der Waals surface area contributed by atoms with Crippen molar-refractivity contribution >= 4 is 11.2 Å². The van der Waals surface area contributed by atoms with E-state index < -0.39 is 5.69 Å². The van der Waals surface area contributed by atoms with Crippen molar-refractivity contribution in [2.75, 3.05) is 6.54 Å². The van der Waals surface area contributed by atoms with Gasteiger partial charge >= 0.3 is 5.69 Å². The lowest BCUT2D eigenvalue weighted by Crippen LogP contribution is -2.33. The van der Waals surface area contributed by atoms with Gasteiger partial charge < -0.3 is 9.88 Å². The highest BCUT2D eigenvalue weighted by atomic mass is 16.2. The number of imidazole rings is 1. The Morgan fingerprint density at radius 1 is 1.45 bits per heavy atom. The Hall–Kier alpha value is -1.89. The number of nitrogens with zero attached hydrogens (tertiary/aromatic N) is 3. The zero-order valence-corrected chi connectivity index (χ0v) is 11.7. The van der Waals surface area contributed by atoms with Gasteiger partial charge in [-0.15, -0.1) is 0 Å². The second kappa shape index (κ2) is 4.90. The first-order chi connectivity index (χ1) is 9.58. The second-order valence-electron chi connectivity index (χ2n) is 5.59. The van der Waals surface area contributed by atoms with E-state index in [4.69, 9.17) is 0 Å². The summed E-state index contributed by atoms with van der Waals surface area (Å²) in [5.74, 6) is 0. The molecule has 2 aromatic rings. The Morgan fingerprint density at radius 2 is 2.25 bits per heavy atom. The maximum atomic E-state index is 12.1. The highest BCUT2D eigenvalue weighted by Crippen LogP contribution is 2.13. The standard InChI is InChI=1S/C13H19N5O2/c1-8(2)18-11-10(12(19)16-13(18)20)17(7-15-11)6-9-4-3-5-14-9/h7-9,14H,3-6H2,1-2H3,(H,16,19,20). The van der Waals surface area contributed by atoms with Gasteiger partial charge in [-0.3, -0.25) is 14.3 Å². The molecule has 3 rings (SSSR count).